The van der Waals surface area contributed by atoms with Gasteiger partial charge in [-0.3, -0.25) is 9.59 Å². The van der Waals surface area contributed by atoms with Crippen LogP contribution in [0, 0.1) is 0 Å². The molecule has 1 aliphatic rings. The molecule has 0 atom stereocenters. The first kappa shape index (κ1) is 15.2. The van der Waals surface area contributed by atoms with E-state index in [2.05, 4.69) is 4.99 Å². The van der Waals surface area contributed by atoms with Crippen LogP contribution in [0.15, 0.2) is 23.2 Å². The van der Waals surface area contributed by atoms with Crippen LogP contribution in [0.5, 0.6) is 0 Å². The number of hydrogen-bond acceptors (Lipinski definition) is 3. The lowest BCUT2D eigenvalue weighted by Crippen LogP contribution is -2.25. The topological polar surface area (TPSA) is 124 Å². The van der Waals surface area contributed by atoms with Crippen molar-refractivity contribution < 1.29 is 14.7 Å². The van der Waals surface area contributed by atoms with Gasteiger partial charge in [-0.25, -0.2) is 0 Å². The molecule has 0 saturated heterocycles. The Hall–Kier alpha value is -2.67. The number of nitrogens with two attached hydrogens (primary N) is 2. The summed E-state index contributed by atoms with van der Waals surface area (Å²) in [5, 5.41) is 10.2. The molecule has 3 rings (SSSR count). The Morgan fingerprint density at radius 1 is 1.30 bits per heavy atom. The summed E-state index contributed by atoms with van der Waals surface area (Å²) in [6.45, 7) is 0.421. The van der Waals surface area contributed by atoms with Gasteiger partial charge in [-0.15, -0.1) is 0 Å². The Morgan fingerprint density at radius 2 is 2.09 bits per heavy atom. The number of aliphatic hydroxyl groups is 1. The van der Waals surface area contributed by atoms with Gasteiger partial charge in [0.05, 0.1) is 12.1 Å². The number of guanidine groups is 1. The highest BCUT2D eigenvalue weighted by Gasteiger charge is 2.23. The van der Waals surface area contributed by atoms with Crippen LogP contribution in [0.1, 0.15) is 45.7 Å². The lowest BCUT2D eigenvalue weighted by atomic mass is 9.99. The third kappa shape index (κ3) is 2.59. The van der Waals surface area contributed by atoms with Gasteiger partial charge in [0.2, 0.25) is 0 Å². The number of benzene rings is 1. The standard InChI is InChI=1S/C16H18N4O3/c17-16(18)19-15(23)12-7-11-9(8-21)4-5-10-13(22)3-1-2-6-20(12)14(10)11/h4-5,7,21H,1-3,6,8H2,(H4,17,18,19,23). The maximum absolute atomic E-state index is 12.4. The van der Waals surface area contributed by atoms with Crippen molar-refractivity contribution in [1.82, 2.24) is 4.57 Å². The predicted molar refractivity (Wildman–Crippen MR) is 86.2 cm³/mol. The van der Waals surface area contributed by atoms with Gasteiger partial charge >= 0.3 is 0 Å². The van der Waals surface area contributed by atoms with Crippen molar-refractivity contribution >= 4 is 28.6 Å². The number of aliphatic imine (C=N–C) groups is 1. The number of rotatable bonds is 2. The van der Waals surface area contributed by atoms with Crippen molar-refractivity contribution in [1.29, 1.82) is 0 Å². The number of hydrogen-bond donors (Lipinski definition) is 3. The van der Waals surface area contributed by atoms with Gasteiger partial charge in [-0.2, -0.15) is 4.99 Å². The highest BCUT2D eigenvalue weighted by molar-refractivity contribution is 6.11. The molecular weight excluding hydrogens is 296 g/mol. The van der Waals surface area contributed by atoms with E-state index in [0.717, 1.165) is 12.8 Å². The number of ketones is 1. The van der Waals surface area contributed by atoms with Gasteiger partial charge in [0.25, 0.3) is 5.91 Å². The fraction of sp³-hybridized carbons (Fsp3) is 0.312. The van der Waals surface area contributed by atoms with Gasteiger partial charge in [0.15, 0.2) is 11.7 Å². The second kappa shape index (κ2) is 5.85. The Kier molecular flexibility index (Phi) is 3.87. The van der Waals surface area contributed by atoms with E-state index in [1.165, 1.54) is 0 Å². The summed E-state index contributed by atoms with van der Waals surface area (Å²) in [4.78, 5) is 28.3. The molecule has 23 heavy (non-hydrogen) atoms. The summed E-state index contributed by atoms with van der Waals surface area (Å²) in [7, 11) is 0. The van der Waals surface area contributed by atoms with Gasteiger partial charge in [-0.05, 0) is 30.5 Å². The molecule has 1 amide bonds. The van der Waals surface area contributed by atoms with Crippen LogP contribution in [-0.4, -0.2) is 27.3 Å². The highest BCUT2D eigenvalue weighted by atomic mass is 16.3. The Balaban J connectivity index is 2.34. The van der Waals surface area contributed by atoms with Gasteiger partial charge in [0, 0.05) is 23.9 Å². The maximum atomic E-state index is 12.4. The largest absolute Gasteiger partial charge is 0.392 e. The van der Waals surface area contributed by atoms with Crippen molar-refractivity contribution in [3.05, 3.63) is 35.0 Å². The smallest absolute Gasteiger partial charge is 0.296 e. The van der Waals surface area contributed by atoms with Crippen LogP contribution < -0.4 is 11.5 Å². The van der Waals surface area contributed by atoms with E-state index in [-0.39, 0.29) is 18.3 Å². The fourth-order valence-corrected chi connectivity index (χ4v) is 3.07. The molecule has 0 unspecified atom stereocenters. The second-order valence-corrected chi connectivity index (χ2v) is 5.60. The lowest BCUT2D eigenvalue weighted by molar-refractivity contribution is 0.0969. The third-order valence-electron chi connectivity index (χ3n) is 4.11. The predicted octanol–water partition coefficient (Wildman–Crippen LogP) is 0.914. The molecule has 0 fully saturated rings. The van der Waals surface area contributed by atoms with E-state index in [1.807, 2.05) is 0 Å². The molecule has 7 nitrogen and oxygen atoms in total. The van der Waals surface area contributed by atoms with E-state index in [9.17, 15) is 14.7 Å². The van der Waals surface area contributed by atoms with Crippen molar-refractivity contribution in [3.63, 3.8) is 0 Å². The van der Waals surface area contributed by atoms with E-state index in [4.69, 9.17) is 11.5 Å². The normalized spacial score (nSPS) is 14.4. The summed E-state index contributed by atoms with van der Waals surface area (Å²) < 4.78 is 1.79. The number of carbonyl (C=O) groups is 2. The van der Waals surface area contributed by atoms with Crippen LogP contribution >= 0.6 is 0 Å². The SMILES string of the molecule is NC(N)=NC(=O)c1cc2c(CO)ccc3c2n1CCCCC3=O. The molecule has 1 aliphatic heterocycles. The van der Waals surface area contributed by atoms with Gasteiger partial charge in [0.1, 0.15) is 5.69 Å². The summed E-state index contributed by atoms with van der Waals surface area (Å²) in [5.41, 5.74) is 12.8. The summed E-state index contributed by atoms with van der Waals surface area (Å²) >= 11 is 0. The van der Waals surface area contributed by atoms with Crippen molar-refractivity contribution in [3.8, 4) is 0 Å². The molecular formula is C16H18N4O3. The number of amides is 1. The zero-order valence-electron chi connectivity index (χ0n) is 12.6. The number of aliphatic hydroxyl groups excluding tert-OH is 1. The van der Waals surface area contributed by atoms with Gasteiger partial charge in [-0.1, -0.05) is 6.07 Å². The number of aromatic nitrogens is 1. The van der Waals surface area contributed by atoms with Crippen LogP contribution in [-0.2, 0) is 13.2 Å². The first-order valence-corrected chi connectivity index (χ1v) is 7.46. The van der Waals surface area contributed by atoms with Crippen molar-refractivity contribution in [2.45, 2.75) is 32.4 Å². The van der Waals surface area contributed by atoms with E-state index in [1.54, 1.807) is 22.8 Å². The van der Waals surface area contributed by atoms with E-state index >= 15 is 0 Å². The Labute approximate surface area is 132 Å². The fourth-order valence-electron chi connectivity index (χ4n) is 3.07. The Morgan fingerprint density at radius 3 is 2.78 bits per heavy atom. The molecule has 2 heterocycles. The maximum Gasteiger partial charge on any atom is 0.296 e. The molecule has 1 aromatic heterocycles. The zero-order chi connectivity index (χ0) is 16.6. The van der Waals surface area contributed by atoms with Crippen LogP contribution in [0.4, 0.5) is 0 Å². The van der Waals surface area contributed by atoms with E-state index in [0.29, 0.717) is 40.7 Å². The minimum absolute atomic E-state index is 0.0411. The molecule has 0 radical (unpaired) electrons. The molecule has 0 bridgehead atoms. The minimum Gasteiger partial charge on any atom is -0.392 e. The third-order valence-corrected chi connectivity index (χ3v) is 4.11. The molecule has 7 heteroatoms. The average molecular weight is 314 g/mol. The molecule has 5 N–H and O–H groups in total. The molecule has 2 aromatic rings. The zero-order valence-corrected chi connectivity index (χ0v) is 12.6. The quantitative estimate of drug-likeness (QED) is 0.561. The summed E-state index contributed by atoms with van der Waals surface area (Å²) in [6.07, 6.45) is 2.02. The first-order chi connectivity index (χ1) is 11.0. The molecule has 0 saturated carbocycles. The second-order valence-electron chi connectivity index (χ2n) is 5.60. The first-order valence-electron chi connectivity index (χ1n) is 7.46. The molecule has 1 aromatic carbocycles. The number of nitrogens with zero attached hydrogens (tertiary/aromatic N) is 2. The minimum atomic E-state index is -0.552. The summed E-state index contributed by atoms with van der Waals surface area (Å²) in [6, 6.07) is 5.08. The average Bonchev–Trinajstić information content (AvgIpc) is 2.87. The molecule has 0 spiro atoms. The lowest BCUT2D eigenvalue weighted by Gasteiger charge is -2.15. The molecule has 0 aliphatic carbocycles. The highest BCUT2D eigenvalue weighted by Crippen LogP contribution is 2.31. The van der Waals surface area contributed by atoms with Crippen LogP contribution in [0.25, 0.3) is 10.9 Å². The number of aryl methyl sites for hydroxylation is 1. The van der Waals surface area contributed by atoms with Crippen molar-refractivity contribution in [2.24, 2.45) is 16.5 Å². The Bertz CT molecular complexity index is 831. The van der Waals surface area contributed by atoms with Crippen molar-refractivity contribution in [2.75, 3.05) is 0 Å². The summed E-state index contributed by atoms with van der Waals surface area (Å²) in [5.74, 6) is -0.818. The van der Waals surface area contributed by atoms with Crippen LogP contribution in [0.2, 0.25) is 0 Å². The monoisotopic (exact) mass is 314 g/mol. The number of carbonyl (C=O) groups excluding carboxylic acids is 2. The number of Topliss-reactive ketones (excluding diaryl/α,β-unsaturated/α-hetero) is 1. The van der Waals surface area contributed by atoms with Gasteiger partial charge < -0.3 is 21.1 Å². The van der Waals surface area contributed by atoms with E-state index < -0.39 is 5.91 Å². The van der Waals surface area contributed by atoms with Crippen LogP contribution in [0.3, 0.4) is 0 Å². The molecule has 120 valence electrons.